The van der Waals surface area contributed by atoms with E-state index in [1.807, 2.05) is 24.4 Å². The van der Waals surface area contributed by atoms with Crippen molar-refractivity contribution in [2.45, 2.75) is 50.5 Å². The topological polar surface area (TPSA) is 34.9 Å². The van der Waals surface area contributed by atoms with E-state index < -0.39 is 0 Å². The molecule has 0 spiro atoms. The van der Waals surface area contributed by atoms with Gasteiger partial charge in [-0.1, -0.05) is 37.1 Å². The van der Waals surface area contributed by atoms with Gasteiger partial charge in [-0.25, -0.2) is 0 Å². The van der Waals surface area contributed by atoms with Crippen LogP contribution >= 0.6 is 0 Å². The highest BCUT2D eigenvalue weighted by Crippen LogP contribution is 2.36. The zero-order valence-electron chi connectivity index (χ0n) is 12.2. The maximum atomic E-state index is 12.4. The number of benzene rings is 1. The molecule has 21 heavy (non-hydrogen) atoms. The number of fused-ring (bicyclic) bond motifs is 1. The van der Waals surface area contributed by atoms with E-state index in [1.54, 1.807) is 0 Å². The number of carbonyl (C=O) groups is 1. The summed E-state index contributed by atoms with van der Waals surface area (Å²) in [5, 5.41) is 4.62. The molecule has 0 bridgehead atoms. The highest BCUT2D eigenvalue weighted by atomic mass is 16.1. The van der Waals surface area contributed by atoms with Gasteiger partial charge in [-0.2, -0.15) is 5.10 Å². The Balaban J connectivity index is 1.44. The second-order valence-electron chi connectivity index (χ2n) is 6.32. The molecule has 0 saturated heterocycles. The van der Waals surface area contributed by atoms with E-state index in [-0.39, 0.29) is 5.92 Å². The number of rotatable bonds is 4. The molecule has 1 unspecified atom stereocenters. The Hall–Kier alpha value is -1.90. The van der Waals surface area contributed by atoms with E-state index in [9.17, 15) is 4.79 Å². The molecule has 3 nitrogen and oxygen atoms in total. The van der Waals surface area contributed by atoms with Crippen LogP contribution in [-0.4, -0.2) is 15.6 Å². The third-order valence-electron chi connectivity index (χ3n) is 4.96. The quantitative estimate of drug-likeness (QED) is 0.859. The molecule has 1 aromatic carbocycles. The fraction of sp³-hybridized carbons (Fsp3) is 0.444. The molecule has 0 aliphatic heterocycles. The van der Waals surface area contributed by atoms with Crippen LogP contribution in [0.25, 0.3) is 0 Å². The molecule has 4 rings (SSSR count). The van der Waals surface area contributed by atoms with Gasteiger partial charge >= 0.3 is 0 Å². The van der Waals surface area contributed by atoms with Gasteiger partial charge in [-0.05, 0) is 36.5 Å². The third-order valence-corrected chi connectivity index (χ3v) is 4.96. The molecule has 1 fully saturated rings. The minimum absolute atomic E-state index is 0.0952. The number of aromatic nitrogens is 2. The number of hydrogen-bond donors (Lipinski definition) is 0. The molecular formula is C18H20N2O. The first-order valence-electron chi connectivity index (χ1n) is 7.96. The van der Waals surface area contributed by atoms with E-state index in [2.05, 4.69) is 21.9 Å². The molecule has 1 heterocycles. The molecule has 2 aromatic rings. The van der Waals surface area contributed by atoms with Gasteiger partial charge in [0.1, 0.15) is 5.78 Å². The SMILES string of the molecule is O=C(Cc1ccn(C2CCCC2)n1)C1Cc2ccccc21. The largest absolute Gasteiger partial charge is 0.299 e. The van der Waals surface area contributed by atoms with Crippen molar-refractivity contribution in [2.24, 2.45) is 0 Å². The van der Waals surface area contributed by atoms with Crippen molar-refractivity contribution in [1.29, 1.82) is 0 Å². The Labute approximate surface area is 125 Å². The predicted octanol–water partition coefficient (Wildman–Crippen LogP) is 3.45. The molecule has 0 radical (unpaired) electrons. The number of carbonyl (C=O) groups excluding carboxylic acids is 1. The molecule has 1 atom stereocenters. The Morgan fingerprint density at radius 3 is 2.81 bits per heavy atom. The van der Waals surface area contributed by atoms with Crippen LogP contribution in [0.2, 0.25) is 0 Å². The summed E-state index contributed by atoms with van der Waals surface area (Å²) in [5.41, 5.74) is 3.47. The van der Waals surface area contributed by atoms with E-state index in [1.165, 1.54) is 36.8 Å². The Kier molecular flexibility index (Phi) is 3.13. The normalized spacial score (nSPS) is 21.0. The predicted molar refractivity (Wildman–Crippen MR) is 81.3 cm³/mol. The summed E-state index contributed by atoms with van der Waals surface area (Å²) in [6, 6.07) is 10.8. The average Bonchev–Trinajstić information content (AvgIpc) is 3.10. The van der Waals surface area contributed by atoms with Crippen molar-refractivity contribution in [3.05, 3.63) is 53.3 Å². The summed E-state index contributed by atoms with van der Waals surface area (Å²) in [6.45, 7) is 0. The van der Waals surface area contributed by atoms with Gasteiger partial charge in [0, 0.05) is 12.1 Å². The standard InChI is InChI=1S/C18H20N2O/c21-18(17-11-13-5-1-4-8-16(13)17)12-14-9-10-20(19-14)15-6-2-3-7-15/h1,4-5,8-10,15,17H,2-3,6-7,11-12H2. The smallest absolute Gasteiger partial charge is 0.146 e. The average molecular weight is 280 g/mol. The molecule has 2 aliphatic carbocycles. The lowest BCUT2D eigenvalue weighted by molar-refractivity contribution is -0.120. The summed E-state index contributed by atoms with van der Waals surface area (Å²) >= 11 is 0. The van der Waals surface area contributed by atoms with Gasteiger partial charge in [0.05, 0.1) is 18.2 Å². The fourth-order valence-corrected chi connectivity index (χ4v) is 3.69. The van der Waals surface area contributed by atoms with Crippen LogP contribution in [-0.2, 0) is 17.6 Å². The van der Waals surface area contributed by atoms with Crippen LogP contribution in [0.4, 0.5) is 0 Å². The van der Waals surface area contributed by atoms with Gasteiger partial charge in [-0.3, -0.25) is 9.48 Å². The number of ketones is 1. The van der Waals surface area contributed by atoms with E-state index in [0.29, 0.717) is 18.2 Å². The maximum absolute atomic E-state index is 12.4. The minimum Gasteiger partial charge on any atom is -0.299 e. The third kappa shape index (κ3) is 2.31. The molecule has 3 heteroatoms. The number of hydrogen-bond acceptors (Lipinski definition) is 2. The minimum atomic E-state index is 0.0952. The van der Waals surface area contributed by atoms with E-state index in [0.717, 1.165) is 12.1 Å². The van der Waals surface area contributed by atoms with Gasteiger partial charge in [-0.15, -0.1) is 0 Å². The van der Waals surface area contributed by atoms with Crippen molar-refractivity contribution < 1.29 is 4.79 Å². The lowest BCUT2D eigenvalue weighted by Crippen LogP contribution is -2.26. The van der Waals surface area contributed by atoms with Crippen LogP contribution in [0.1, 0.15) is 54.5 Å². The highest BCUT2D eigenvalue weighted by Gasteiger charge is 2.31. The molecule has 108 valence electrons. The highest BCUT2D eigenvalue weighted by molar-refractivity contribution is 5.90. The summed E-state index contributed by atoms with van der Waals surface area (Å²) in [5.74, 6) is 0.406. The number of Topliss-reactive ketones (excluding diaryl/α,β-unsaturated/α-hetero) is 1. The zero-order chi connectivity index (χ0) is 14.2. The maximum Gasteiger partial charge on any atom is 0.146 e. The summed E-state index contributed by atoms with van der Waals surface area (Å²) in [6.07, 6.45) is 8.48. The van der Waals surface area contributed by atoms with Gasteiger partial charge in [0.15, 0.2) is 0 Å². The number of nitrogens with zero attached hydrogens (tertiary/aromatic N) is 2. The first kappa shape index (κ1) is 12.8. The van der Waals surface area contributed by atoms with Gasteiger partial charge in [0.2, 0.25) is 0 Å². The van der Waals surface area contributed by atoms with Crippen molar-refractivity contribution in [2.75, 3.05) is 0 Å². The Morgan fingerprint density at radius 1 is 1.19 bits per heavy atom. The second-order valence-corrected chi connectivity index (χ2v) is 6.32. The van der Waals surface area contributed by atoms with Crippen LogP contribution in [0.3, 0.4) is 0 Å². The van der Waals surface area contributed by atoms with Crippen molar-refractivity contribution in [1.82, 2.24) is 9.78 Å². The van der Waals surface area contributed by atoms with Crippen molar-refractivity contribution >= 4 is 5.78 Å². The second kappa shape index (κ2) is 5.14. The summed E-state index contributed by atoms with van der Waals surface area (Å²) < 4.78 is 2.07. The van der Waals surface area contributed by atoms with Gasteiger partial charge in [0.25, 0.3) is 0 Å². The first-order chi connectivity index (χ1) is 10.3. The van der Waals surface area contributed by atoms with E-state index >= 15 is 0 Å². The fourth-order valence-electron chi connectivity index (χ4n) is 3.69. The summed E-state index contributed by atoms with van der Waals surface area (Å²) in [7, 11) is 0. The lowest BCUT2D eigenvalue weighted by Gasteiger charge is -2.28. The summed E-state index contributed by atoms with van der Waals surface area (Å²) in [4.78, 5) is 12.4. The Morgan fingerprint density at radius 2 is 2.00 bits per heavy atom. The van der Waals surface area contributed by atoms with Crippen molar-refractivity contribution in [3.63, 3.8) is 0 Å². The first-order valence-corrected chi connectivity index (χ1v) is 7.96. The lowest BCUT2D eigenvalue weighted by atomic mass is 9.74. The van der Waals surface area contributed by atoms with Gasteiger partial charge < -0.3 is 0 Å². The van der Waals surface area contributed by atoms with Crippen molar-refractivity contribution in [3.8, 4) is 0 Å². The van der Waals surface area contributed by atoms with E-state index in [4.69, 9.17) is 0 Å². The van der Waals surface area contributed by atoms with Crippen LogP contribution in [0, 0.1) is 0 Å². The molecule has 1 saturated carbocycles. The molecule has 0 N–H and O–H groups in total. The molecule has 1 aromatic heterocycles. The molecule has 2 aliphatic rings. The van der Waals surface area contributed by atoms with Crippen LogP contribution in [0.15, 0.2) is 36.5 Å². The molecular weight excluding hydrogens is 260 g/mol. The zero-order valence-corrected chi connectivity index (χ0v) is 12.2. The van der Waals surface area contributed by atoms with Crippen LogP contribution in [0.5, 0.6) is 0 Å². The monoisotopic (exact) mass is 280 g/mol. The molecule has 0 amide bonds. The Bertz CT molecular complexity index is 667. The van der Waals surface area contributed by atoms with Crippen LogP contribution < -0.4 is 0 Å².